The van der Waals surface area contributed by atoms with E-state index in [2.05, 4.69) is 15.5 Å². The molecule has 5 nitrogen and oxygen atoms in total. The van der Waals surface area contributed by atoms with Crippen LogP contribution in [0.4, 0.5) is 6.01 Å². The Labute approximate surface area is 106 Å². The Kier molecular flexibility index (Phi) is 4.17. The lowest BCUT2D eigenvalue weighted by atomic mass is 10.3. The summed E-state index contributed by atoms with van der Waals surface area (Å²) in [5.74, 6) is 1.50. The van der Waals surface area contributed by atoms with Gasteiger partial charge in [0.1, 0.15) is 5.75 Å². The van der Waals surface area contributed by atoms with Crippen molar-refractivity contribution in [3.63, 3.8) is 0 Å². The lowest BCUT2D eigenvalue weighted by Crippen LogP contribution is -2.10. The van der Waals surface area contributed by atoms with Gasteiger partial charge in [-0.2, -0.15) is 4.98 Å². The van der Waals surface area contributed by atoms with Gasteiger partial charge in [0.15, 0.2) is 5.82 Å². The zero-order valence-corrected chi connectivity index (χ0v) is 10.6. The number of nitrogens with zero attached hydrogens (tertiary/aromatic N) is 2. The number of anilines is 1. The maximum atomic E-state index is 5.56. The van der Waals surface area contributed by atoms with E-state index in [4.69, 9.17) is 9.26 Å². The van der Waals surface area contributed by atoms with Gasteiger partial charge in [-0.05, 0) is 26.0 Å². The fourth-order valence-corrected chi connectivity index (χ4v) is 1.44. The van der Waals surface area contributed by atoms with E-state index in [1.807, 2.05) is 44.2 Å². The normalized spacial score (nSPS) is 10.6. The molecule has 0 spiro atoms. The van der Waals surface area contributed by atoms with Crippen molar-refractivity contribution in [3.8, 4) is 5.75 Å². The molecule has 0 bridgehead atoms. The van der Waals surface area contributed by atoms with Crippen molar-refractivity contribution >= 4 is 6.01 Å². The molecular weight excluding hydrogens is 230 g/mol. The Morgan fingerprint density at radius 3 is 2.78 bits per heavy atom. The van der Waals surface area contributed by atoms with Crippen LogP contribution in [-0.2, 0) is 6.42 Å². The minimum atomic E-state index is 0.277. The van der Waals surface area contributed by atoms with Gasteiger partial charge in [0.25, 0.3) is 0 Å². The molecule has 2 aromatic rings. The van der Waals surface area contributed by atoms with Gasteiger partial charge in [-0.1, -0.05) is 23.4 Å². The number of rotatable bonds is 6. The minimum Gasteiger partial charge on any atom is -0.493 e. The number of benzene rings is 1. The van der Waals surface area contributed by atoms with Crippen molar-refractivity contribution in [2.45, 2.75) is 26.3 Å². The van der Waals surface area contributed by atoms with E-state index < -0.39 is 0 Å². The largest absolute Gasteiger partial charge is 0.493 e. The number of para-hydroxylation sites is 1. The molecule has 0 fully saturated rings. The average molecular weight is 247 g/mol. The van der Waals surface area contributed by atoms with Crippen molar-refractivity contribution in [2.75, 3.05) is 11.9 Å². The molecule has 2 rings (SSSR count). The molecule has 0 saturated heterocycles. The summed E-state index contributed by atoms with van der Waals surface area (Å²) < 4.78 is 10.6. The van der Waals surface area contributed by atoms with E-state index in [1.165, 1.54) is 0 Å². The third kappa shape index (κ3) is 3.76. The highest BCUT2D eigenvalue weighted by Gasteiger charge is 2.06. The van der Waals surface area contributed by atoms with E-state index in [1.54, 1.807) is 0 Å². The second-order valence-corrected chi connectivity index (χ2v) is 4.23. The van der Waals surface area contributed by atoms with Crippen LogP contribution in [0.3, 0.4) is 0 Å². The first-order valence-electron chi connectivity index (χ1n) is 6.01. The molecule has 1 aromatic heterocycles. The molecule has 0 saturated carbocycles. The zero-order valence-electron chi connectivity index (χ0n) is 10.6. The molecule has 1 N–H and O–H groups in total. The maximum absolute atomic E-state index is 5.56. The number of hydrogen-bond acceptors (Lipinski definition) is 5. The van der Waals surface area contributed by atoms with E-state index in [9.17, 15) is 0 Å². The molecule has 0 unspecified atom stereocenters. The quantitative estimate of drug-likeness (QED) is 0.849. The summed E-state index contributed by atoms with van der Waals surface area (Å²) in [6, 6.07) is 10.4. The summed E-state index contributed by atoms with van der Waals surface area (Å²) in [5.41, 5.74) is 0. The van der Waals surface area contributed by atoms with E-state index in [0.717, 1.165) is 5.75 Å². The van der Waals surface area contributed by atoms with Crippen molar-refractivity contribution in [1.29, 1.82) is 0 Å². The summed E-state index contributed by atoms with van der Waals surface area (Å²) in [4.78, 5) is 4.21. The van der Waals surface area contributed by atoms with Gasteiger partial charge in [0.05, 0.1) is 6.61 Å². The SMILES string of the molecule is CC(C)Nc1nc(CCOc2ccccc2)no1. The first-order valence-corrected chi connectivity index (χ1v) is 6.01. The van der Waals surface area contributed by atoms with Gasteiger partial charge in [0.2, 0.25) is 0 Å². The minimum absolute atomic E-state index is 0.277. The highest BCUT2D eigenvalue weighted by atomic mass is 16.5. The van der Waals surface area contributed by atoms with Crippen LogP contribution in [0.2, 0.25) is 0 Å². The average Bonchev–Trinajstić information content (AvgIpc) is 2.77. The Hall–Kier alpha value is -2.04. The highest BCUT2D eigenvalue weighted by Crippen LogP contribution is 2.09. The molecule has 0 aliphatic carbocycles. The Morgan fingerprint density at radius 2 is 2.06 bits per heavy atom. The Morgan fingerprint density at radius 1 is 1.28 bits per heavy atom. The zero-order chi connectivity index (χ0) is 12.8. The Balaban J connectivity index is 1.78. The molecule has 0 aliphatic rings. The molecule has 1 heterocycles. The predicted octanol–water partition coefficient (Wildman–Crippen LogP) is 2.51. The predicted molar refractivity (Wildman–Crippen MR) is 68.7 cm³/mol. The van der Waals surface area contributed by atoms with E-state index >= 15 is 0 Å². The third-order valence-electron chi connectivity index (χ3n) is 2.22. The van der Waals surface area contributed by atoms with Crippen LogP contribution >= 0.6 is 0 Å². The molecule has 18 heavy (non-hydrogen) atoms. The molecule has 0 radical (unpaired) electrons. The molecule has 0 aliphatic heterocycles. The number of ether oxygens (including phenoxy) is 1. The van der Waals surface area contributed by atoms with Crippen LogP contribution in [0.1, 0.15) is 19.7 Å². The summed E-state index contributed by atoms with van der Waals surface area (Å²) in [6.45, 7) is 4.56. The van der Waals surface area contributed by atoms with Gasteiger partial charge in [-0.25, -0.2) is 0 Å². The second kappa shape index (κ2) is 6.05. The number of nitrogens with one attached hydrogen (secondary N) is 1. The van der Waals surface area contributed by atoms with Crippen LogP contribution in [-0.4, -0.2) is 22.8 Å². The van der Waals surface area contributed by atoms with Gasteiger partial charge < -0.3 is 14.6 Å². The van der Waals surface area contributed by atoms with Gasteiger partial charge in [0, 0.05) is 12.5 Å². The second-order valence-electron chi connectivity index (χ2n) is 4.23. The van der Waals surface area contributed by atoms with Crippen LogP contribution in [0.15, 0.2) is 34.9 Å². The van der Waals surface area contributed by atoms with Gasteiger partial charge in [-0.3, -0.25) is 0 Å². The fraction of sp³-hybridized carbons (Fsp3) is 0.385. The molecular formula is C13H17N3O2. The van der Waals surface area contributed by atoms with Crippen LogP contribution < -0.4 is 10.1 Å². The van der Waals surface area contributed by atoms with Gasteiger partial charge in [-0.15, -0.1) is 0 Å². The van der Waals surface area contributed by atoms with Gasteiger partial charge >= 0.3 is 6.01 Å². The molecule has 1 aromatic carbocycles. The monoisotopic (exact) mass is 247 g/mol. The lowest BCUT2D eigenvalue weighted by Gasteiger charge is -2.03. The highest BCUT2D eigenvalue weighted by molar-refractivity contribution is 5.21. The summed E-state index contributed by atoms with van der Waals surface area (Å²) in [6.07, 6.45) is 0.623. The first kappa shape index (κ1) is 12.4. The topological polar surface area (TPSA) is 60.2 Å². The molecule has 0 amide bonds. The van der Waals surface area contributed by atoms with Crippen molar-refractivity contribution in [3.05, 3.63) is 36.2 Å². The maximum Gasteiger partial charge on any atom is 0.321 e. The van der Waals surface area contributed by atoms with Crippen molar-refractivity contribution in [2.24, 2.45) is 0 Å². The number of aromatic nitrogens is 2. The molecule has 0 atom stereocenters. The van der Waals surface area contributed by atoms with Crippen LogP contribution in [0.25, 0.3) is 0 Å². The molecule has 5 heteroatoms. The standard InChI is InChI=1S/C13H17N3O2/c1-10(2)14-13-15-12(16-18-13)8-9-17-11-6-4-3-5-7-11/h3-7,10H,8-9H2,1-2H3,(H,14,15,16). The Bertz CT molecular complexity index is 468. The molecule has 96 valence electrons. The summed E-state index contributed by atoms with van der Waals surface area (Å²) >= 11 is 0. The van der Waals surface area contributed by atoms with Crippen molar-refractivity contribution in [1.82, 2.24) is 10.1 Å². The van der Waals surface area contributed by atoms with Crippen molar-refractivity contribution < 1.29 is 9.26 Å². The smallest absolute Gasteiger partial charge is 0.321 e. The summed E-state index contributed by atoms with van der Waals surface area (Å²) in [7, 11) is 0. The van der Waals surface area contributed by atoms with Crippen LogP contribution in [0, 0.1) is 0 Å². The third-order valence-corrected chi connectivity index (χ3v) is 2.22. The first-order chi connectivity index (χ1) is 8.74. The summed E-state index contributed by atoms with van der Waals surface area (Å²) in [5, 5.41) is 6.92. The van der Waals surface area contributed by atoms with E-state index in [-0.39, 0.29) is 6.04 Å². The van der Waals surface area contributed by atoms with E-state index in [0.29, 0.717) is 24.9 Å². The lowest BCUT2D eigenvalue weighted by molar-refractivity contribution is 0.315. The number of hydrogen-bond donors (Lipinski definition) is 1. The fourth-order valence-electron chi connectivity index (χ4n) is 1.44. The van der Waals surface area contributed by atoms with Crippen LogP contribution in [0.5, 0.6) is 5.75 Å².